The fourth-order valence-corrected chi connectivity index (χ4v) is 1.90. The fourth-order valence-electron chi connectivity index (χ4n) is 1.90. The number of rotatable bonds is 1. The van der Waals surface area contributed by atoms with Crippen molar-refractivity contribution in [2.75, 3.05) is 26.2 Å². The molecule has 14 heavy (non-hydrogen) atoms. The Morgan fingerprint density at radius 3 is 2.86 bits per heavy atom. The summed E-state index contributed by atoms with van der Waals surface area (Å²) in [4.78, 5) is 13.0. The predicted molar refractivity (Wildman–Crippen MR) is 55.7 cm³/mol. The van der Waals surface area contributed by atoms with Crippen LogP contribution in [0.15, 0.2) is 29.9 Å². The van der Waals surface area contributed by atoms with Crippen molar-refractivity contribution in [2.24, 2.45) is 0 Å². The summed E-state index contributed by atoms with van der Waals surface area (Å²) in [6, 6.07) is 0.139. The molecule has 0 radical (unpaired) electrons. The molecule has 0 spiro atoms. The maximum absolute atomic E-state index is 10.7. The minimum atomic E-state index is 0.139. The normalized spacial score (nSPS) is 27.7. The highest BCUT2D eigenvalue weighted by Crippen LogP contribution is 2.15. The number of piperazine rings is 1. The summed E-state index contributed by atoms with van der Waals surface area (Å²) < 4.78 is 0. The lowest BCUT2D eigenvalue weighted by Gasteiger charge is -2.33. The van der Waals surface area contributed by atoms with Crippen LogP contribution in [0.1, 0.15) is 0 Å². The monoisotopic (exact) mass is 190 g/mol. The zero-order valence-corrected chi connectivity index (χ0v) is 8.07. The van der Waals surface area contributed by atoms with Gasteiger partial charge in [0, 0.05) is 26.2 Å². The smallest absolute Gasteiger partial charge is 0.129 e. The van der Waals surface area contributed by atoms with E-state index in [0.717, 1.165) is 31.8 Å². The molecule has 1 fully saturated rings. The van der Waals surface area contributed by atoms with Crippen LogP contribution in [0.25, 0.3) is 0 Å². The van der Waals surface area contributed by atoms with Crippen LogP contribution in [0.5, 0.6) is 0 Å². The zero-order valence-electron chi connectivity index (χ0n) is 8.07. The summed E-state index contributed by atoms with van der Waals surface area (Å²) in [6.07, 6.45) is 7.79. The molecule has 2 aliphatic rings. The molecule has 0 aromatic rings. The summed E-state index contributed by atoms with van der Waals surface area (Å²) >= 11 is 0. The molecule has 1 atom stereocenters. The van der Waals surface area contributed by atoms with E-state index in [1.807, 2.05) is 24.2 Å². The Morgan fingerprint density at radius 2 is 2.14 bits per heavy atom. The van der Waals surface area contributed by atoms with Crippen molar-refractivity contribution >= 4 is 5.94 Å². The van der Waals surface area contributed by atoms with Crippen molar-refractivity contribution in [1.29, 1.82) is 0 Å². The standard InChI is InChI=1S/C11H14N2O/c14-9-10-3-1-2-4-11(10)13-7-5-12-6-8-13/h1-4,11-12H,5-8H2. The van der Waals surface area contributed by atoms with E-state index in [2.05, 4.69) is 16.3 Å². The second-order valence-electron chi connectivity index (χ2n) is 3.53. The molecule has 0 saturated carbocycles. The van der Waals surface area contributed by atoms with Gasteiger partial charge in [0.25, 0.3) is 0 Å². The Morgan fingerprint density at radius 1 is 1.36 bits per heavy atom. The number of allylic oxidation sites excluding steroid dienone is 2. The third kappa shape index (κ3) is 1.85. The highest BCUT2D eigenvalue weighted by molar-refractivity contribution is 5.62. The van der Waals surface area contributed by atoms with Crippen LogP contribution >= 0.6 is 0 Å². The molecule has 0 aromatic heterocycles. The zero-order chi connectivity index (χ0) is 9.80. The van der Waals surface area contributed by atoms with Crippen LogP contribution in [0.3, 0.4) is 0 Å². The highest BCUT2D eigenvalue weighted by Gasteiger charge is 2.22. The number of nitrogens with zero attached hydrogens (tertiary/aromatic N) is 1. The molecular weight excluding hydrogens is 176 g/mol. The quantitative estimate of drug-likeness (QED) is 0.597. The molecule has 74 valence electrons. The van der Waals surface area contributed by atoms with Crippen LogP contribution < -0.4 is 5.32 Å². The van der Waals surface area contributed by atoms with Crippen molar-refractivity contribution in [3.63, 3.8) is 0 Å². The molecule has 1 unspecified atom stereocenters. The average Bonchev–Trinajstić information content (AvgIpc) is 2.30. The third-order valence-electron chi connectivity index (χ3n) is 2.66. The second kappa shape index (κ2) is 4.38. The molecule has 2 rings (SSSR count). The van der Waals surface area contributed by atoms with Gasteiger partial charge >= 0.3 is 0 Å². The van der Waals surface area contributed by atoms with E-state index in [1.165, 1.54) is 0 Å². The van der Waals surface area contributed by atoms with E-state index >= 15 is 0 Å². The Bertz CT molecular complexity index is 307. The highest BCUT2D eigenvalue weighted by atomic mass is 16.1. The van der Waals surface area contributed by atoms with Crippen LogP contribution in [-0.4, -0.2) is 43.1 Å². The molecule has 1 aliphatic carbocycles. The molecule has 1 saturated heterocycles. The van der Waals surface area contributed by atoms with Gasteiger partial charge in [-0.25, -0.2) is 4.79 Å². The summed E-state index contributed by atoms with van der Waals surface area (Å²) in [5.41, 5.74) is 0.745. The summed E-state index contributed by atoms with van der Waals surface area (Å²) in [7, 11) is 0. The number of nitrogens with one attached hydrogen (secondary N) is 1. The van der Waals surface area contributed by atoms with Gasteiger partial charge in [-0.3, -0.25) is 4.90 Å². The van der Waals surface area contributed by atoms with Gasteiger partial charge in [0.2, 0.25) is 0 Å². The van der Waals surface area contributed by atoms with Gasteiger partial charge in [0.15, 0.2) is 0 Å². The van der Waals surface area contributed by atoms with E-state index in [-0.39, 0.29) is 6.04 Å². The molecule has 3 nitrogen and oxygen atoms in total. The molecule has 1 N–H and O–H groups in total. The van der Waals surface area contributed by atoms with Crippen molar-refractivity contribution in [1.82, 2.24) is 10.2 Å². The lowest BCUT2D eigenvalue weighted by molar-refractivity contribution is 0.223. The van der Waals surface area contributed by atoms with E-state index in [4.69, 9.17) is 0 Å². The van der Waals surface area contributed by atoms with E-state index in [9.17, 15) is 4.79 Å². The topological polar surface area (TPSA) is 32.3 Å². The predicted octanol–water partition coefficient (Wildman–Crippen LogP) is 0.144. The van der Waals surface area contributed by atoms with Crippen LogP contribution in [0.4, 0.5) is 0 Å². The molecule has 0 bridgehead atoms. The van der Waals surface area contributed by atoms with E-state index < -0.39 is 0 Å². The van der Waals surface area contributed by atoms with Crippen LogP contribution in [0, 0.1) is 0 Å². The van der Waals surface area contributed by atoms with Gasteiger partial charge in [0.1, 0.15) is 5.94 Å². The number of hydrogen-bond acceptors (Lipinski definition) is 3. The summed E-state index contributed by atoms with van der Waals surface area (Å²) in [5.74, 6) is 2.02. The van der Waals surface area contributed by atoms with Crippen molar-refractivity contribution in [2.45, 2.75) is 6.04 Å². The largest absolute Gasteiger partial charge is 0.314 e. The van der Waals surface area contributed by atoms with Gasteiger partial charge in [-0.1, -0.05) is 18.2 Å². The SMILES string of the molecule is O=C=C1C=CC=CC1N1CCNCC1. The van der Waals surface area contributed by atoms with E-state index in [0.29, 0.717) is 0 Å². The van der Waals surface area contributed by atoms with Gasteiger partial charge in [0.05, 0.1) is 11.6 Å². The van der Waals surface area contributed by atoms with Crippen LogP contribution in [-0.2, 0) is 4.79 Å². The Balaban J connectivity index is 2.12. The Hall–Kier alpha value is -1.15. The van der Waals surface area contributed by atoms with Crippen molar-refractivity contribution in [3.8, 4) is 0 Å². The van der Waals surface area contributed by atoms with Gasteiger partial charge in [-0.05, 0) is 6.08 Å². The van der Waals surface area contributed by atoms with Gasteiger partial charge in [-0.15, -0.1) is 0 Å². The third-order valence-corrected chi connectivity index (χ3v) is 2.66. The minimum absolute atomic E-state index is 0.139. The summed E-state index contributed by atoms with van der Waals surface area (Å²) in [6.45, 7) is 3.99. The van der Waals surface area contributed by atoms with E-state index in [1.54, 1.807) is 0 Å². The van der Waals surface area contributed by atoms with Crippen LogP contribution in [0.2, 0.25) is 0 Å². The first-order valence-corrected chi connectivity index (χ1v) is 4.96. The first kappa shape index (κ1) is 9.41. The second-order valence-corrected chi connectivity index (χ2v) is 3.53. The first-order chi connectivity index (χ1) is 6.92. The lowest BCUT2D eigenvalue weighted by atomic mass is 10.0. The molecule has 1 heterocycles. The molecular formula is C11H14N2O. The van der Waals surface area contributed by atoms with Gasteiger partial charge in [-0.2, -0.15) is 0 Å². The van der Waals surface area contributed by atoms with Gasteiger partial charge < -0.3 is 5.32 Å². The maximum Gasteiger partial charge on any atom is 0.129 e. The average molecular weight is 190 g/mol. The minimum Gasteiger partial charge on any atom is -0.314 e. The van der Waals surface area contributed by atoms with Crippen molar-refractivity contribution < 1.29 is 4.79 Å². The first-order valence-electron chi connectivity index (χ1n) is 4.96. The molecule has 0 amide bonds. The van der Waals surface area contributed by atoms with Crippen molar-refractivity contribution in [3.05, 3.63) is 29.9 Å². The molecule has 0 aromatic carbocycles. The Kier molecular flexibility index (Phi) is 2.94. The maximum atomic E-state index is 10.7. The Labute approximate surface area is 83.8 Å². The lowest BCUT2D eigenvalue weighted by Crippen LogP contribution is -2.48. The number of carbonyl (C=O) groups excluding carboxylic acids is 1. The molecule has 1 aliphatic heterocycles. The summed E-state index contributed by atoms with van der Waals surface area (Å²) in [5, 5.41) is 3.30. The number of hydrogen-bond donors (Lipinski definition) is 1. The fraction of sp³-hybridized carbons (Fsp3) is 0.455. The molecule has 3 heteroatoms.